The van der Waals surface area contributed by atoms with E-state index in [-0.39, 0.29) is 5.41 Å². The minimum atomic E-state index is 0.109. The minimum absolute atomic E-state index is 0.109. The second-order valence-electron chi connectivity index (χ2n) is 11.4. The van der Waals surface area contributed by atoms with Crippen molar-refractivity contribution in [3.05, 3.63) is 119 Å². The summed E-state index contributed by atoms with van der Waals surface area (Å²) >= 11 is 7.29. The summed E-state index contributed by atoms with van der Waals surface area (Å²) in [5, 5.41) is 4.47. The third-order valence-electron chi connectivity index (χ3n) is 7.74. The zero-order chi connectivity index (χ0) is 26.2. The SMILES string of the molecule is Cc1cc(-c2ccc(C(C)(C)C)cc2)c(Cl)c(-n2c3ccccc3n3c4cc5ccccc5cc4cc23)c1. The number of rotatable bonds is 2. The number of fused-ring (bicyclic) bond motifs is 6. The van der Waals surface area contributed by atoms with Crippen LogP contribution in [0.25, 0.3) is 55.2 Å². The molecule has 0 aliphatic heterocycles. The van der Waals surface area contributed by atoms with E-state index >= 15 is 0 Å². The van der Waals surface area contributed by atoms with Gasteiger partial charge in [0.25, 0.3) is 0 Å². The van der Waals surface area contributed by atoms with Crippen molar-refractivity contribution in [3.8, 4) is 16.8 Å². The van der Waals surface area contributed by atoms with Crippen LogP contribution >= 0.6 is 11.6 Å². The van der Waals surface area contributed by atoms with Crippen molar-refractivity contribution in [1.82, 2.24) is 8.97 Å². The van der Waals surface area contributed by atoms with Crippen molar-refractivity contribution < 1.29 is 0 Å². The molecule has 0 saturated carbocycles. The van der Waals surface area contributed by atoms with E-state index in [4.69, 9.17) is 11.6 Å². The van der Waals surface area contributed by atoms with Gasteiger partial charge in [-0.3, -0.25) is 8.97 Å². The lowest BCUT2D eigenvalue weighted by Crippen LogP contribution is -2.10. The fraction of sp³-hybridized carbons (Fsp3) is 0.143. The van der Waals surface area contributed by atoms with Gasteiger partial charge in [0.05, 0.1) is 27.3 Å². The lowest BCUT2D eigenvalue weighted by atomic mass is 9.86. The molecule has 0 radical (unpaired) electrons. The molecule has 38 heavy (non-hydrogen) atoms. The van der Waals surface area contributed by atoms with Gasteiger partial charge in [0.15, 0.2) is 0 Å². The maximum atomic E-state index is 7.29. The van der Waals surface area contributed by atoms with Gasteiger partial charge in [-0.05, 0) is 82.3 Å². The van der Waals surface area contributed by atoms with Crippen molar-refractivity contribution in [1.29, 1.82) is 0 Å². The van der Waals surface area contributed by atoms with Crippen molar-refractivity contribution in [2.75, 3.05) is 0 Å². The second kappa shape index (κ2) is 8.24. The van der Waals surface area contributed by atoms with Gasteiger partial charge in [-0.2, -0.15) is 0 Å². The van der Waals surface area contributed by atoms with E-state index in [0.717, 1.165) is 33.0 Å². The number of benzene rings is 5. The maximum Gasteiger partial charge on any atom is 0.123 e. The third-order valence-corrected chi connectivity index (χ3v) is 8.14. The Labute approximate surface area is 227 Å². The smallest absolute Gasteiger partial charge is 0.123 e. The van der Waals surface area contributed by atoms with Crippen LogP contribution in [0.15, 0.2) is 103 Å². The predicted molar refractivity (Wildman–Crippen MR) is 163 cm³/mol. The summed E-state index contributed by atoms with van der Waals surface area (Å²) in [6.45, 7) is 8.88. The van der Waals surface area contributed by atoms with Crippen LogP contribution in [0.3, 0.4) is 0 Å². The van der Waals surface area contributed by atoms with E-state index in [1.807, 2.05) is 0 Å². The molecule has 0 fully saturated rings. The Morgan fingerprint density at radius 1 is 0.632 bits per heavy atom. The fourth-order valence-corrected chi connectivity index (χ4v) is 6.09. The Balaban J connectivity index is 1.52. The zero-order valence-electron chi connectivity index (χ0n) is 22.1. The van der Waals surface area contributed by atoms with Crippen LogP contribution in [-0.2, 0) is 5.41 Å². The highest BCUT2D eigenvalue weighted by molar-refractivity contribution is 6.35. The molecule has 7 rings (SSSR count). The summed E-state index contributed by atoms with van der Waals surface area (Å²) in [7, 11) is 0. The van der Waals surface area contributed by atoms with Crippen molar-refractivity contribution in [3.63, 3.8) is 0 Å². The van der Waals surface area contributed by atoms with Crippen LogP contribution in [0.1, 0.15) is 31.9 Å². The number of imidazole rings is 1. The summed E-state index contributed by atoms with van der Waals surface area (Å²) in [6, 6.07) is 37.3. The number of hydrogen-bond donors (Lipinski definition) is 0. The average molecular weight is 513 g/mol. The molecule has 2 nitrogen and oxygen atoms in total. The summed E-state index contributed by atoms with van der Waals surface area (Å²) in [5.41, 5.74) is 10.4. The molecule has 0 atom stereocenters. The summed E-state index contributed by atoms with van der Waals surface area (Å²) in [6.07, 6.45) is 0. The van der Waals surface area contributed by atoms with Crippen LogP contribution in [0, 0.1) is 6.92 Å². The van der Waals surface area contributed by atoms with Gasteiger partial charge in [0, 0.05) is 10.9 Å². The van der Waals surface area contributed by atoms with Crippen molar-refractivity contribution in [2.24, 2.45) is 0 Å². The minimum Gasteiger partial charge on any atom is -0.293 e. The average Bonchev–Trinajstić information content (AvgIpc) is 3.42. The van der Waals surface area contributed by atoms with E-state index < -0.39 is 0 Å². The largest absolute Gasteiger partial charge is 0.293 e. The molecule has 3 heteroatoms. The highest BCUT2D eigenvalue weighted by Gasteiger charge is 2.20. The molecule has 0 aliphatic rings. The normalized spacial score (nSPS) is 12.3. The number of para-hydroxylation sites is 2. The molecule has 0 unspecified atom stereocenters. The van der Waals surface area contributed by atoms with Gasteiger partial charge in [-0.25, -0.2) is 0 Å². The Kier molecular flexibility index (Phi) is 5.02. The number of nitrogens with zero attached hydrogens (tertiary/aromatic N) is 2. The molecule has 2 heterocycles. The van der Waals surface area contributed by atoms with Crippen LogP contribution in [0.4, 0.5) is 0 Å². The molecular weight excluding hydrogens is 484 g/mol. The molecule has 2 aromatic heterocycles. The zero-order valence-corrected chi connectivity index (χ0v) is 22.8. The molecule has 186 valence electrons. The van der Waals surface area contributed by atoms with Gasteiger partial charge in [-0.15, -0.1) is 0 Å². The highest BCUT2D eigenvalue weighted by atomic mass is 35.5. The lowest BCUT2D eigenvalue weighted by Gasteiger charge is -2.20. The first-order valence-corrected chi connectivity index (χ1v) is 13.5. The van der Waals surface area contributed by atoms with E-state index in [9.17, 15) is 0 Å². The van der Waals surface area contributed by atoms with Crippen LogP contribution in [0.2, 0.25) is 5.02 Å². The van der Waals surface area contributed by atoms with E-state index in [1.54, 1.807) is 0 Å². The molecule has 0 aliphatic carbocycles. The standard InChI is InChI=1S/C35H29ClN2/c1-22-17-28(23-13-15-27(16-14-23)35(2,3)4)34(36)32(18-22)38-30-12-8-7-11-29(30)37-31-20-25-10-6-5-9-24(25)19-26(31)21-33(37)38/h5-21H,1-4H3. The van der Waals surface area contributed by atoms with Gasteiger partial charge in [0.1, 0.15) is 5.65 Å². The maximum absolute atomic E-state index is 7.29. The Bertz CT molecular complexity index is 2010. The first-order valence-electron chi connectivity index (χ1n) is 13.1. The summed E-state index contributed by atoms with van der Waals surface area (Å²) in [5.74, 6) is 0. The van der Waals surface area contributed by atoms with Crippen LogP contribution in [-0.4, -0.2) is 8.97 Å². The van der Waals surface area contributed by atoms with Gasteiger partial charge >= 0.3 is 0 Å². The Morgan fingerprint density at radius 3 is 2.00 bits per heavy atom. The number of hydrogen-bond acceptors (Lipinski definition) is 0. The van der Waals surface area contributed by atoms with Gasteiger partial charge < -0.3 is 0 Å². The van der Waals surface area contributed by atoms with Crippen LogP contribution in [0.5, 0.6) is 0 Å². The molecule has 0 saturated heterocycles. The lowest BCUT2D eigenvalue weighted by molar-refractivity contribution is 0.590. The Morgan fingerprint density at radius 2 is 1.29 bits per heavy atom. The molecule has 5 aromatic carbocycles. The summed E-state index contributed by atoms with van der Waals surface area (Å²) in [4.78, 5) is 0. The monoisotopic (exact) mass is 512 g/mol. The first-order chi connectivity index (χ1) is 18.3. The summed E-state index contributed by atoms with van der Waals surface area (Å²) < 4.78 is 4.69. The molecule has 0 spiro atoms. The quantitative estimate of drug-likeness (QED) is 0.218. The third kappa shape index (κ3) is 3.48. The number of halogens is 1. The molecule has 0 N–H and O–H groups in total. The van der Waals surface area contributed by atoms with Crippen LogP contribution < -0.4 is 0 Å². The predicted octanol–water partition coefficient (Wildman–Crippen LogP) is 10.1. The molecular formula is C35H29ClN2. The number of aryl methyl sites for hydroxylation is 1. The van der Waals surface area contributed by atoms with Crippen molar-refractivity contribution in [2.45, 2.75) is 33.1 Å². The van der Waals surface area contributed by atoms with E-state index in [1.165, 1.54) is 38.3 Å². The molecule has 7 aromatic rings. The molecule has 0 amide bonds. The molecule has 0 bridgehead atoms. The van der Waals surface area contributed by atoms with Gasteiger partial charge in [-0.1, -0.05) is 93.0 Å². The van der Waals surface area contributed by atoms with E-state index in [0.29, 0.717) is 0 Å². The second-order valence-corrected chi connectivity index (χ2v) is 11.8. The van der Waals surface area contributed by atoms with Crippen molar-refractivity contribution >= 4 is 50.0 Å². The highest BCUT2D eigenvalue weighted by Crippen LogP contribution is 2.39. The number of aromatic nitrogens is 2. The Hall–Kier alpha value is -4.01. The van der Waals surface area contributed by atoms with E-state index in [2.05, 4.69) is 140 Å². The van der Waals surface area contributed by atoms with Gasteiger partial charge in [0.2, 0.25) is 0 Å². The first kappa shape index (κ1) is 23.1. The topological polar surface area (TPSA) is 9.34 Å². The fourth-order valence-electron chi connectivity index (χ4n) is 5.79.